The number of fused-ring (bicyclic) bond motifs is 2. The van der Waals surface area contributed by atoms with Gasteiger partial charge in [-0.05, 0) is 40.7 Å². The number of nitrogens with zero attached hydrogens (tertiary/aromatic N) is 3. The molecule has 5 nitrogen and oxygen atoms in total. The van der Waals surface area contributed by atoms with E-state index in [1.54, 1.807) is 36.4 Å². The van der Waals surface area contributed by atoms with Crippen LogP contribution in [0.5, 0.6) is 0 Å². The lowest BCUT2D eigenvalue weighted by Crippen LogP contribution is -1.82. The van der Waals surface area contributed by atoms with Crippen LogP contribution < -0.4 is 0 Å². The molecule has 18 heavy (non-hydrogen) atoms. The average Bonchev–Trinajstić information content (AvgIpc) is 2.43. The number of hydrogen-bond acceptors (Lipinski definition) is 5. The predicted molar refractivity (Wildman–Crippen MR) is 70.2 cm³/mol. The first kappa shape index (κ1) is 10.5. The highest BCUT2D eigenvalue weighted by Gasteiger charge is 2.03. The third kappa shape index (κ3) is 1.62. The van der Waals surface area contributed by atoms with Gasteiger partial charge in [-0.15, -0.1) is 9.81 Å². The Morgan fingerprint density at radius 1 is 0.722 bits per heavy atom. The normalized spacial score (nSPS) is 10.7. The van der Waals surface area contributed by atoms with Crippen molar-refractivity contribution in [2.75, 3.05) is 0 Å². The second-order valence-corrected chi connectivity index (χ2v) is 3.92. The van der Waals surface area contributed by atoms with E-state index >= 15 is 0 Å². The third-order valence-corrected chi connectivity index (χ3v) is 2.79. The van der Waals surface area contributed by atoms with Gasteiger partial charge < -0.3 is 0 Å². The lowest BCUT2D eigenvalue weighted by atomic mass is 10.1. The lowest BCUT2D eigenvalue weighted by Gasteiger charge is -2.02. The van der Waals surface area contributed by atoms with Crippen LogP contribution in [-0.2, 0) is 0 Å². The Hall–Kier alpha value is -2.69. The van der Waals surface area contributed by atoms with Crippen molar-refractivity contribution in [3.63, 3.8) is 0 Å². The molecule has 0 aliphatic rings. The molecule has 0 bridgehead atoms. The van der Waals surface area contributed by atoms with E-state index in [4.69, 9.17) is 0 Å². The number of rotatable bonds is 2. The molecule has 3 rings (SSSR count). The number of aromatic nitrogens is 1. The molecule has 0 radical (unpaired) electrons. The van der Waals surface area contributed by atoms with Gasteiger partial charge in [0.25, 0.3) is 0 Å². The summed E-state index contributed by atoms with van der Waals surface area (Å²) in [4.78, 5) is 25.4. The van der Waals surface area contributed by atoms with Crippen LogP contribution in [0.15, 0.2) is 52.8 Å². The molecule has 3 aromatic rings. The minimum Gasteiger partial charge on any atom is -0.248 e. The summed E-state index contributed by atoms with van der Waals surface area (Å²) in [6, 6.07) is 12.1. The van der Waals surface area contributed by atoms with E-state index in [2.05, 4.69) is 15.3 Å². The molecule has 0 aliphatic heterocycles. The predicted octanol–water partition coefficient (Wildman–Crippen LogP) is 4.18. The smallest absolute Gasteiger partial charge is 0.110 e. The van der Waals surface area contributed by atoms with Crippen LogP contribution in [-0.4, -0.2) is 4.98 Å². The molecule has 0 N–H and O–H groups in total. The summed E-state index contributed by atoms with van der Waals surface area (Å²) < 4.78 is 0. The molecular formula is C13H7N3O2. The maximum Gasteiger partial charge on any atom is 0.110 e. The average molecular weight is 237 g/mol. The number of hydrogen-bond donors (Lipinski definition) is 0. The van der Waals surface area contributed by atoms with Crippen molar-refractivity contribution in [2.45, 2.75) is 0 Å². The van der Waals surface area contributed by atoms with Crippen molar-refractivity contribution in [2.24, 2.45) is 10.4 Å². The van der Waals surface area contributed by atoms with Gasteiger partial charge >= 0.3 is 0 Å². The van der Waals surface area contributed by atoms with Gasteiger partial charge in [0.05, 0.1) is 11.0 Å². The van der Waals surface area contributed by atoms with Gasteiger partial charge in [0.1, 0.15) is 11.4 Å². The fourth-order valence-electron chi connectivity index (χ4n) is 1.91. The summed E-state index contributed by atoms with van der Waals surface area (Å²) in [5.74, 6) is 0. The van der Waals surface area contributed by atoms with Gasteiger partial charge in [-0.3, -0.25) is 0 Å². The number of nitroso groups, excluding NO2 is 2. The Bertz CT molecular complexity index is 721. The molecule has 2 aromatic carbocycles. The van der Waals surface area contributed by atoms with Crippen molar-refractivity contribution < 1.29 is 0 Å². The molecule has 5 heteroatoms. The number of pyridine rings is 1. The Labute approximate surface area is 101 Å². The van der Waals surface area contributed by atoms with Crippen molar-refractivity contribution in [1.82, 2.24) is 4.98 Å². The lowest BCUT2D eigenvalue weighted by molar-refractivity contribution is 1.44. The topological polar surface area (TPSA) is 71.8 Å². The van der Waals surface area contributed by atoms with Gasteiger partial charge in [-0.25, -0.2) is 4.98 Å². The van der Waals surface area contributed by atoms with Crippen molar-refractivity contribution in [3.05, 3.63) is 52.3 Å². The van der Waals surface area contributed by atoms with E-state index in [0.29, 0.717) is 22.4 Å². The highest BCUT2D eigenvalue weighted by molar-refractivity contribution is 5.94. The standard InChI is InChI=1S/C13H7N3O2/c17-15-10-3-1-8-5-9-2-4-11(16-18)7-13(9)14-12(8)6-10/h1-7H. The van der Waals surface area contributed by atoms with Crippen molar-refractivity contribution in [1.29, 1.82) is 0 Å². The SMILES string of the molecule is O=Nc1ccc2cc3ccc(N=O)cc3nc2c1. The largest absolute Gasteiger partial charge is 0.248 e. The maximum atomic E-state index is 10.5. The summed E-state index contributed by atoms with van der Waals surface area (Å²) in [7, 11) is 0. The summed E-state index contributed by atoms with van der Waals surface area (Å²) >= 11 is 0. The van der Waals surface area contributed by atoms with Crippen molar-refractivity contribution >= 4 is 33.2 Å². The van der Waals surface area contributed by atoms with Gasteiger partial charge in [0.2, 0.25) is 0 Å². The zero-order valence-electron chi connectivity index (χ0n) is 9.20. The summed E-state index contributed by atoms with van der Waals surface area (Å²) in [6.07, 6.45) is 0. The Morgan fingerprint density at radius 3 is 1.67 bits per heavy atom. The van der Waals surface area contributed by atoms with Gasteiger partial charge in [0.15, 0.2) is 0 Å². The van der Waals surface area contributed by atoms with E-state index in [-0.39, 0.29) is 0 Å². The molecule has 0 aliphatic carbocycles. The fourth-order valence-corrected chi connectivity index (χ4v) is 1.91. The molecule has 0 saturated carbocycles. The van der Waals surface area contributed by atoms with E-state index in [1.807, 2.05) is 6.07 Å². The Balaban J connectivity index is 2.36. The summed E-state index contributed by atoms with van der Waals surface area (Å²) in [5, 5.41) is 7.59. The van der Waals surface area contributed by atoms with Crippen LogP contribution in [0.25, 0.3) is 21.8 Å². The molecule has 0 spiro atoms. The van der Waals surface area contributed by atoms with Crippen LogP contribution in [0.4, 0.5) is 11.4 Å². The maximum absolute atomic E-state index is 10.5. The fraction of sp³-hybridized carbons (Fsp3) is 0. The van der Waals surface area contributed by atoms with Gasteiger partial charge in [-0.2, -0.15) is 0 Å². The van der Waals surface area contributed by atoms with Gasteiger partial charge in [0, 0.05) is 10.8 Å². The van der Waals surface area contributed by atoms with E-state index in [0.717, 1.165) is 10.8 Å². The molecule has 0 unspecified atom stereocenters. The molecular weight excluding hydrogens is 230 g/mol. The van der Waals surface area contributed by atoms with Crippen LogP contribution in [0, 0.1) is 9.81 Å². The second kappa shape index (κ2) is 3.96. The minimum atomic E-state index is 0.332. The molecule has 0 fully saturated rings. The van der Waals surface area contributed by atoms with Crippen LogP contribution >= 0.6 is 0 Å². The summed E-state index contributed by atoms with van der Waals surface area (Å²) in [6.45, 7) is 0. The zero-order chi connectivity index (χ0) is 12.5. The monoisotopic (exact) mass is 237 g/mol. The third-order valence-electron chi connectivity index (χ3n) is 2.79. The Kier molecular flexibility index (Phi) is 2.30. The molecule has 0 amide bonds. The van der Waals surface area contributed by atoms with E-state index < -0.39 is 0 Å². The Morgan fingerprint density at radius 2 is 1.22 bits per heavy atom. The first-order valence-electron chi connectivity index (χ1n) is 5.31. The van der Waals surface area contributed by atoms with Crippen molar-refractivity contribution in [3.8, 4) is 0 Å². The van der Waals surface area contributed by atoms with Gasteiger partial charge in [-0.1, -0.05) is 12.1 Å². The van der Waals surface area contributed by atoms with Crippen LogP contribution in [0.3, 0.4) is 0 Å². The first-order valence-corrected chi connectivity index (χ1v) is 5.31. The van der Waals surface area contributed by atoms with Crippen LogP contribution in [0.1, 0.15) is 0 Å². The number of benzene rings is 2. The summed E-state index contributed by atoms with van der Waals surface area (Å²) in [5.41, 5.74) is 2.00. The first-order chi connectivity index (χ1) is 8.80. The second-order valence-electron chi connectivity index (χ2n) is 3.92. The molecule has 0 saturated heterocycles. The molecule has 1 heterocycles. The van der Waals surface area contributed by atoms with Crippen LogP contribution in [0.2, 0.25) is 0 Å². The minimum absolute atomic E-state index is 0.332. The van der Waals surface area contributed by atoms with E-state index in [1.165, 1.54) is 0 Å². The molecule has 0 atom stereocenters. The van der Waals surface area contributed by atoms with E-state index in [9.17, 15) is 9.81 Å². The highest BCUT2D eigenvalue weighted by atomic mass is 16.3. The molecule has 86 valence electrons. The quantitative estimate of drug-likeness (QED) is 0.495. The molecule has 1 aromatic heterocycles. The highest BCUT2D eigenvalue weighted by Crippen LogP contribution is 2.26. The zero-order valence-corrected chi connectivity index (χ0v) is 9.20.